The highest BCUT2D eigenvalue weighted by atomic mass is 31.2. The Morgan fingerprint density at radius 1 is 1.50 bits per heavy atom. The van der Waals surface area contributed by atoms with Gasteiger partial charge in [0.1, 0.15) is 0 Å². The summed E-state index contributed by atoms with van der Waals surface area (Å²) in [7, 11) is 2.17. The monoisotopic (exact) mass is 93.0 g/mol. The molecule has 2 atom stereocenters. The molecule has 0 aliphatic carbocycles. The number of nitrogens with one attached hydrogen (secondary N) is 1. The van der Waals surface area contributed by atoms with E-state index in [4.69, 9.17) is 0 Å². The summed E-state index contributed by atoms with van der Waals surface area (Å²) >= 11 is 0. The zero-order valence-corrected chi connectivity index (χ0v) is 4.21. The van der Waals surface area contributed by atoms with E-state index in [1.807, 2.05) is 0 Å². The van der Waals surface area contributed by atoms with Crippen LogP contribution >= 0.6 is 17.5 Å². The van der Waals surface area contributed by atoms with Gasteiger partial charge in [-0.15, -0.1) is 0 Å². The van der Waals surface area contributed by atoms with Crippen LogP contribution in [-0.4, -0.2) is 5.90 Å². The van der Waals surface area contributed by atoms with Gasteiger partial charge in [-0.1, -0.05) is 0 Å². The van der Waals surface area contributed by atoms with Gasteiger partial charge in [-0.25, -0.2) is 0 Å². The Kier molecular flexibility index (Phi) is 0.990. The predicted molar refractivity (Wildman–Crippen MR) is 24.6 cm³/mol. The highest BCUT2D eigenvalue weighted by Gasteiger charge is 1.92. The molecule has 1 fully saturated rings. The first-order chi connectivity index (χ1) is 2.00. The zero-order chi connectivity index (χ0) is 2.83. The van der Waals surface area contributed by atoms with Crippen molar-refractivity contribution in [1.82, 2.24) is 4.86 Å². The normalized spacial score (nSPS) is 36.0. The van der Waals surface area contributed by atoms with Gasteiger partial charge >= 0.3 is 0 Å². The van der Waals surface area contributed by atoms with E-state index in [2.05, 4.69) is 4.86 Å². The van der Waals surface area contributed by atoms with Crippen molar-refractivity contribution in [3.63, 3.8) is 0 Å². The summed E-state index contributed by atoms with van der Waals surface area (Å²) < 4.78 is 0. The third kappa shape index (κ3) is 0.402. The minimum absolute atomic E-state index is 1.08. The molecule has 1 aliphatic heterocycles. The van der Waals surface area contributed by atoms with E-state index in [1.165, 1.54) is 5.90 Å². The molecule has 0 saturated carbocycles. The molecule has 0 spiro atoms. The van der Waals surface area contributed by atoms with Crippen LogP contribution in [0.2, 0.25) is 0 Å². The van der Waals surface area contributed by atoms with Crippen molar-refractivity contribution in [3.8, 4) is 0 Å². The molecule has 4 heavy (non-hydrogen) atoms. The molecular formula is CH5NP2. The average Bonchev–Trinajstić information content (AvgIpc) is 0.722. The van der Waals surface area contributed by atoms with Crippen molar-refractivity contribution in [2.24, 2.45) is 0 Å². The molecule has 1 nitrogen and oxygen atoms in total. The molecule has 1 aliphatic rings. The van der Waals surface area contributed by atoms with Crippen LogP contribution < -0.4 is 4.86 Å². The van der Waals surface area contributed by atoms with Gasteiger partial charge in [0.05, 0.1) is 0 Å². The Bertz CT molecular complexity index is 14.0. The van der Waals surface area contributed by atoms with Crippen LogP contribution in [-0.2, 0) is 0 Å². The van der Waals surface area contributed by atoms with Crippen molar-refractivity contribution in [3.05, 3.63) is 0 Å². The summed E-state index contributed by atoms with van der Waals surface area (Å²) in [5.41, 5.74) is 0. The SMILES string of the molecule is C1PNP1. The number of hydrogen-bond donors (Lipinski definition) is 1. The lowest BCUT2D eigenvalue weighted by Gasteiger charge is -2.09. The molecule has 0 radical (unpaired) electrons. The predicted octanol–water partition coefficient (Wildman–Crippen LogP) is 0.734. The van der Waals surface area contributed by atoms with E-state index in [9.17, 15) is 0 Å². The van der Waals surface area contributed by atoms with Crippen LogP contribution in [0.3, 0.4) is 0 Å². The summed E-state index contributed by atoms with van der Waals surface area (Å²) in [6, 6.07) is 0. The maximum absolute atomic E-state index is 3.17. The standard InChI is InChI=1S/CH5NP2/c1-3-2-4-1/h2-4H,1H2. The third-order valence-corrected chi connectivity index (χ3v) is 3.18. The molecule has 0 aromatic carbocycles. The first kappa shape index (κ1) is 3.03. The van der Waals surface area contributed by atoms with E-state index in [-0.39, 0.29) is 0 Å². The first-order valence-corrected chi connectivity index (χ1v) is 3.62. The van der Waals surface area contributed by atoms with Crippen molar-refractivity contribution in [2.45, 2.75) is 0 Å². The molecule has 1 N–H and O–H groups in total. The fourth-order valence-corrected chi connectivity index (χ4v) is 0.795. The van der Waals surface area contributed by atoms with E-state index >= 15 is 0 Å². The second-order valence-corrected chi connectivity index (χ2v) is 3.78. The molecular weight excluding hydrogens is 88.0 g/mol. The van der Waals surface area contributed by atoms with Gasteiger partial charge < -0.3 is 0 Å². The Morgan fingerprint density at radius 2 is 1.75 bits per heavy atom. The quantitative estimate of drug-likeness (QED) is 0.435. The van der Waals surface area contributed by atoms with E-state index in [0.717, 1.165) is 17.5 Å². The van der Waals surface area contributed by atoms with Crippen LogP contribution in [0.1, 0.15) is 0 Å². The molecule has 24 valence electrons. The van der Waals surface area contributed by atoms with E-state index in [0.29, 0.717) is 0 Å². The van der Waals surface area contributed by atoms with Crippen molar-refractivity contribution in [1.29, 1.82) is 0 Å². The van der Waals surface area contributed by atoms with Gasteiger partial charge in [0.25, 0.3) is 0 Å². The Balaban J connectivity index is 2.00. The summed E-state index contributed by atoms with van der Waals surface area (Å²) in [6.07, 6.45) is 0. The summed E-state index contributed by atoms with van der Waals surface area (Å²) in [4.78, 5) is 3.17. The van der Waals surface area contributed by atoms with Crippen LogP contribution in [0.15, 0.2) is 0 Å². The highest BCUT2D eigenvalue weighted by molar-refractivity contribution is 7.69. The lowest BCUT2D eigenvalue weighted by atomic mass is 11.9. The lowest BCUT2D eigenvalue weighted by Crippen LogP contribution is -1.93. The third-order valence-electron chi connectivity index (χ3n) is 0.354. The molecule has 1 rings (SSSR count). The highest BCUT2D eigenvalue weighted by Crippen LogP contribution is 2.32. The maximum atomic E-state index is 3.17. The summed E-state index contributed by atoms with van der Waals surface area (Å²) in [5.74, 6) is 1.44. The number of hydrogen-bond acceptors (Lipinski definition) is 1. The molecule has 3 heteroatoms. The molecule has 1 heterocycles. The molecule has 0 bridgehead atoms. The van der Waals surface area contributed by atoms with Gasteiger partial charge in [-0.2, -0.15) is 0 Å². The molecule has 0 amide bonds. The first-order valence-electron chi connectivity index (χ1n) is 1.21. The maximum Gasteiger partial charge on any atom is 0.00907 e. The molecule has 0 aromatic heterocycles. The topological polar surface area (TPSA) is 12.0 Å². The Hall–Kier alpha value is 0.820. The van der Waals surface area contributed by atoms with Gasteiger partial charge in [-0.05, 0) is 17.5 Å². The largest absolute Gasteiger partial charge is 0.278 e. The second-order valence-electron chi connectivity index (χ2n) is 0.655. The van der Waals surface area contributed by atoms with Crippen molar-refractivity contribution in [2.75, 3.05) is 5.90 Å². The number of rotatable bonds is 0. The van der Waals surface area contributed by atoms with E-state index < -0.39 is 0 Å². The van der Waals surface area contributed by atoms with Crippen LogP contribution in [0.5, 0.6) is 0 Å². The summed E-state index contributed by atoms with van der Waals surface area (Å²) in [5, 5.41) is 0. The van der Waals surface area contributed by atoms with Gasteiger partial charge in [0.15, 0.2) is 0 Å². The zero-order valence-electron chi connectivity index (χ0n) is 2.21. The average molecular weight is 93.0 g/mol. The van der Waals surface area contributed by atoms with Crippen LogP contribution in [0.25, 0.3) is 0 Å². The van der Waals surface area contributed by atoms with Crippen molar-refractivity contribution >= 4 is 17.5 Å². The molecule has 2 unspecified atom stereocenters. The van der Waals surface area contributed by atoms with Gasteiger partial charge in [-0.3, -0.25) is 4.86 Å². The molecule has 1 saturated heterocycles. The van der Waals surface area contributed by atoms with Gasteiger partial charge in [0.2, 0.25) is 0 Å². The second kappa shape index (κ2) is 1.31. The van der Waals surface area contributed by atoms with Crippen molar-refractivity contribution < 1.29 is 0 Å². The minimum Gasteiger partial charge on any atom is -0.278 e. The minimum atomic E-state index is 1.08. The van der Waals surface area contributed by atoms with E-state index in [1.54, 1.807) is 0 Å². The smallest absolute Gasteiger partial charge is 0.00907 e. The Morgan fingerprint density at radius 3 is 1.75 bits per heavy atom. The fourth-order valence-electron chi connectivity index (χ4n) is 0.0884. The fraction of sp³-hybridized carbons (Fsp3) is 1.00. The summed E-state index contributed by atoms with van der Waals surface area (Å²) in [6.45, 7) is 0. The lowest BCUT2D eigenvalue weighted by molar-refractivity contribution is 1.61. The Labute approximate surface area is 29.2 Å². The van der Waals surface area contributed by atoms with Gasteiger partial charge in [0, 0.05) is 5.90 Å². The van der Waals surface area contributed by atoms with Crippen LogP contribution in [0.4, 0.5) is 0 Å². The van der Waals surface area contributed by atoms with Crippen LogP contribution in [0, 0.1) is 0 Å². The molecule has 0 aromatic rings.